The molecule has 0 radical (unpaired) electrons. The van der Waals surface area contributed by atoms with Gasteiger partial charge in [0.1, 0.15) is 5.75 Å². The Morgan fingerprint density at radius 3 is 2.39 bits per heavy atom. The number of benzene rings is 2. The van der Waals surface area contributed by atoms with Crippen molar-refractivity contribution in [1.29, 1.82) is 0 Å². The molecule has 1 amide bonds. The molecule has 1 heterocycles. The minimum absolute atomic E-state index is 0.0157. The highest BCUT2D eigenvalue weighted by Crippen LogP contribution is 2.22. The van der Waals surface area contributed by atoms with Gasteiger partial charge >= 0.3 is 5.97 Å². The molecular weight excluding hydrogens is 382 g/mol. The van der Waals surface area contributed by atoms with E-state index in [9.17, 15) is 9.59 Å². The average molecular weight is 400 g/mol. The van der Waals surface area contributed by atoms with Crippen LogP contribution in [-0.4, -0.2) is 19.0 Å². The second-order valence-electron chi connectivity index (χ2n) is 5.88. The Hall–Kier alpha value is -3.25. The summed E-state index contributed by atoms with van der Waals surface area (Å²) in [7, 11) is 1.58. The molecule has 3 aromatic rings. The first-order valence-electron chi connectivity index (χ1n) is 8.47. The largest absolute Gasteiger partial charge is 0.497 e. The van der Waals surface area contributed by atoms with Gasteiger partial charge in [0.2, 0.25) is 11.9 Å². The van der Waals surface area contributed by atoms with Crippen molar-refractivity contribution in [1.82, 2.24) is 5.32 Å². The molecule has 0 aliphatic heterocycles. The molecule has 1 N–H and O–H groups in total. The van der Waals surface area contributed by atoms with Gasteiger partial charge in [0, 0.05) is 17.1 Å². The summed E-state index contributed by atoms with van der Waals surface area (Å²) >= 11 is 5.92. The van der Waals surface area contributed by atoms with E-state index in [1.165, 1.54) is 12.3 Å². The maximum Gasteiger partial charge on any atom is 0.375 e. The summed E-state index contributed by atoms with van der Waals surface area (Å²) in [6.07, 6.45) is 0.214. The molecule has 1 atom stereocenters. The molecule has 6 nitrogen and oxygen atoms in total. The number of halogens is 1. The molecule has 3 rings (SSSR count). The summed E-state index contributed by atoms with van der Waals surface area (Å²) in [6, 6.07) is 16.8. The summed E-state index contributed by atoms with van der Waals surface area (Å²) in [4.78, 5) is 25.0. The van der Waals surface area contributed by atoms with Crippen molar-refractivity contribution in [3.8, 4) is 5.75 Å². The van der Waals surface area contributed by atoms with Crippen LogP contribution >= 0.6 is 11.6 Å². The van der Waals surface area contributed by atoms with E-state index < -0.39 is 18.0 Å². The van der Waals surface area contributed by atoms with Gasteiger partial charge in [-0.25, -0.2) is 4.79 Å². The lowest BCUT2D eigenvalue weighted by Crippen LogP contribution is -2.31. The van der Waals surface area contributed by atoms with Crippen LogP contribution in [0.3, 0.4) is 0 Å². The summed E-state index contributed by atoms with van der Waals surface area (Å²) in [5.41, 5.74) is 1.37. The number of carbonyl (C=O) groups is 2. The fourth-order valence-electron chi connectivity index (χ4n) is 2.50. The lowest BCUT2D eigenvalue weighted by molar-refractivity contribution is -0.130. The summed E-state index contributed by atoms with van der Waals surface area (Å²) in [5.74, 6) is -0.453. The standard InChI is InChI=1S/C21H18ClNO5/c1-26-17-10-4-14(5-11-17)13-23-20(24)19(15-6-8-16(22)9-7-15)28-21(25)18-3-2-12-27-18/h2-12,19H,13H2,1H3,(H,23,24)/t19-/m0/s1. The van der Waals surface area contributed by atoms with Gasteiger partial charge in [-0.1, -0.05) is 35.9 Å². The number of methoxy groups -OCH3 is 1. The SMILES string of the molecule is COc1ccc(CNC(=O)[C@@H](OC(=O)c2ccco2)c2ccc(Cl)cc2)cc1. The van der Waals surface area contributed by atoms with E-state index in [1.54, 1.807) is 49.6 Å². The maximum absolute atomic E-state index is 12.8. The molecule has 0 bridgehead atoms. The first kappa shape index (κ1) is 19.5. The van der Waals surface area contributed by atoms with Crippen LogP contribution in [0.15, 0.2) is 71.3 Å². The fraction of sp³-hybridized carbons (Fsp3) is 0.143. The molecule has 7 heteroatoms. The normalized spacial score (nSPS) is 11.5. The highest BCUT2D eigenvalue weighted by Gasteiger charge is 2.26. The predicted molar refractivity (Wildman–Crippen MR) is 103 cm³/mol. The van der Waals surface area contributed by atoms with Gasteiger partial charge in [0.15, 0.2) is 0 Å². The highest BCUT2D eigenvalue weighted by atomic mass is 35.5. The number of hydrogen-bond donors (Lipinski definition) is 1. The first-order chi connectivity index (χ1) is 13.6. The second kappa shape index (κ2) is 9.10. The van der Waals surface area contributed by atoms with Crippen LogP contribution < -0.4 is 10.1 Å². The van der Waals surface area contributed by atoms with E-state index in [1.807, 2.05) is 12.1 Å². The van der Waals surface area contributed by atoms with Crippen LogP contribution in [0.5, 0.6) is 5.75 Å². The van der Waals surface area contributed by atoms with Crippen molar-refractivity contribution >= 4 is 23.5 Å². The van der Waals surface area contributed by atoms with Crippen LogP contribution in [0, 0.1) is 0 Å². The number of nitrogens with one attached hydrogen (secondary N) is 1. The summed E-state index contributed by atoms with van der Waals surface area (Å²) in [5, 5.41) is 3.29. The average Bonchev–Trinajstić information content (AvgIpc) is 3.26. The predicted octanol–water partition coefficient (Wildman–Crippen LogP) is 4.16. The lowest BCUT2D eigenvalue weighted by Gasteiger charge is -2.18. The monoisotopic (exact) mass is 399 g/mol. The fourth-order valence-corrected chi connectivity index (χ4v) is 2.62. The zero-order valence-corrected chi connectivity index (χ0v) is 15.8. The van der Waals surface area contributed by atoms with Crippen molar-refractivity contribution in [2.75, 3.05) is 7.11 Å². The molecule has 0 spiro atoms. The third-order valence-electron chi connectivity index (χ3n) is 3.98. The molecule has 0 aliphatic rings. The summed E-state index contributed by atoms with van der Waals surface area (Å²) in [6.45, 7) is 0.269. The van der Waals surface area contributed by atoms with E-state index in [0.717, 1.165) is 11.3 Å². The molecule has 144 valence electrons. The van der Waals surface area contributed by atoms with Crippen molar-refractivity contribution in [2.24, 2.45) is 0 Å². The molecule has 2 aromatic carbocycles. The van der Waals surface area contributed by atoms with E-state index in [4.69, 9.17) is 25.5 Å². The van der Waals surface area contributed by atoms with Crippen LogP contribution in [0.1, 0.15) is 27.8 Å². The Morgan fingerprint density at radius 1 is 1.07 bits per heavy atom. The lowest BCUT2D eigenvalue weighted by atomic mass is 10.1. The number of esters is 1. The minimum Gasteiger partial charge on any atom is -0.497 e. The van der Waals surface area contributed by atoms with E-state index in [0.29, 0.717) is 10.6 Å². The Balaban J connectivity index is 1.73. The minimum atomic E-state index is -1.15. The van der Waals surface area contributed by atoms with Crippen molar-refractivity contribution in [3.63, 3.8) is 0 Å². The first-order valence-corrected chi connectivity index (χ1v) is 8.85. The van der Waals surface area contributed by atoms with Gasteiger partial charge in [0.05, 0.1) is 13.4 Å². The third-order valence-corrected chi connectivity index (χ3v) is 4.24. The third kappa shape index (κ3) is 4.92. The van der Waals surface area contributed by atoms with Gasteiger partial charge in [-0.15, -0.1) is 0 Å². The summed E-state index contributed by atoms with van der Waals surface area (Å²) < 4.78 is 15.6. The van der Waals surface area contributed by atoms with Crippen LogP contribution in [0.2, 0.25) is 5.02 Å². The Morgan fingerprint density at radius 2 is 1.79 bits per heavy atom. The number of ether oxygens (including phenoxy) is 2. The molecular formula is C21H18ClNO5. The molecule has 0 aliphatic carbocycles. The van der Waals surface area contributed by atoms with E-state index in [-0.39, 0.29) is 12.3 Å². The molecule has 0 fully saturated rings. The molecule has 28 heavy (non-hydrogen) atoms. The van der Waals surface area contributed by atoms with Crippen LogP contribution in [0.25, 0.3) is 0 Å². The number of carbonyl (C=O) groups excluding carboxylic acids is 2. The van der Waals surface area contributed by atoms with Crippen LogP contribution in [-0.2, 0) is 16.1 Å². The van der Waals surface area contributed by atoms with Crippen molar-refractivity contribution < 1.29 is 23.5 Å². The van der Waals surface area contributed by atoms with Gasteiger partial charge in [-0.05, 0) is 42.0 Å². The van der Waals surface area contributed by atoms with Gasteiger partial charge in [-0.2, -0.15) is 0 Å². The zero-order chi connectivity index (χ0) is 19.9. The maximum atomic E-state index is 12.8. The Labute approximate surface area is 167 Å². The molecule has 1 aromatic heterocycles. The van der Waals surface area contributed by atoms with Crippen molar-refractivity contribution in [2.45, 2.75) is 12.6 Å². The number of rotatable bonds is 7. The zero-order valence-electron chi connectivity index (χ0n) is 15.1. The topological polar surface area (TPSA) is 77.8 Å². The van der Waals surface area contributed by atoms with Crippen molar-refractivity contribution in [3.05, 3.63) is 88.8 Å². The molecule has 0 saturated heterocycles. The number of furan rings is 1. The number of hydrogen-bond acceptors (Lipinski definition) is 5. The van der Waals surface area contributed by atoms with E-state index >= 15 is 0 Å². The second-order valence-corrected chi connectivity index (χ2v) is 6.32. The van der Waals surface area contributed by atoms with Gasteiger partial charge in [-0.3, -0.25) is 4.79 Å². The smallest absolute Gasteiger partial charge is 0.375 e. The quantitative estimate of drug-likeness (QED) is 0.604. The molecule has 0 unspecified atom stereocenters. The van der Waals surface area contributed by atoms with Gasteiger partial charge < -0.3 is 19.2 Å². The van der Waals surface area contributed by atoms with Gasteiger partial charge in [0.25, 0.3) is 5.91 Å². The highest BCUT2D eigenvalue weighted by molar-refractivity contribution is 6.30. The van der Waals surface area contributed by atoms with E-state index in [2.05, 4.69) is 5.32 Å². The molecule has 0 saturated carbocycles. The number of amides is 1. The van der Waals surface area contributed by atoms with Crippen LogP contribution in [0.4, 0.5) is 0 Å². The Bertz CT molecular complexity index is 920. The Kier molecular flexibility index (Phi) is 6.34.